The second-order valence-corrected chi connectivity index (χ2v) is 11.7. The van der Waals surface area contributed by atoms with E-state index in [4.69, 9.17) is 9.47 Å². The van der Waals surface area contributed by atoms with Crippen molar-refractivity contribution in [3.8, 4) is 11.5 Å². The fraction of sp³-hybridized carbons (Fsp3) is 0.355. The molecule has 0 aliphatic heterocycles. The summed E-state index contributed by atoms with van der Waals surface area (Å²) in [5, 5.41) is 2.86. The minimum Gasteiger partial charge on any atom is -0.497 e. The van der Waals surface area contributed by atoms with Crippen molar-refractivity contribution in [2.45, 2.75) is 57.6 Å². The van der Waals surface area contributed by atoms with Crippen LogP contribution in [0, 0.1) is 5.82 Å². The Bertz CT molecular complexity index is 1430. The maximum absolute atomic E-state index is 14.1. The maximum atomic E-state index is 14.1. The van der Waals surface area contributed by atoms with Gasteiger partial charge in [-0.25, -0.2) is 12.8 Å². The molecule has 0 saturated heterocycles. The van der Waals surface area contributed by atoms with Crippen molar-refractivity contribution in [3.05, 3.63) is 84.2 Å². The zero-order valence-electron chi connectivity index (χ0n) is 24.5. The Morgan fingerprint density at radius 3 is 2.02 bits per heavy atom. The molecule has 0 bridgehead atoms. The molecule has 3 aromatic carbocycles. The Kier molecular flexibility index (Phi) is 11.3. The Labute approximate surface area is 247 Å². The molecule has 0 fully saturated rings. The number of hydrogen-bond donors (Lipinski definition) is 1. The summed E-state index contributed by atoms with van der Waals surface area (Å²) in [5.74, 6) is -0.359. The zero-order valence-corrected chi connectivity index (χ0v) is 25.4. The number of amides is 2. The monoisotopic (exact) mass is 599 g/mol. The van der Waals surface area contributed by atoms with Crippen molar-refractivity contribution in [2.75, 3.05) is 24.6 Å². The number of nitrogens with one attached hydrogen (secondary N) is 1. The Hall–Kier alpha value is -4.12. The van der Waals surface area contributed by atoms with Gasteiger partial charge in [0.2, 0.25) is 11.8 Å². The number of carbonyl (C=O) groups excluding carboxylic acids is 2. The lowest BCUT2D eigenvalue weighted by molar-refractivity contribution is -0.140. The van der Waals surface area contributed by atoms with E-state index < -0.39 is 34.3 Å². The van der Waals surface area contributed by atoms with Gasteiger partial charge in [-0.3, -0.25) is 13.9 Å². The smallest absolute Gasteiger partial charge is 0.264 e. The molecular formula is C31H38FN3O6S. The number of sulfonamides is 1. The van der Waals surface area contributed by atoms with Crippen LogP contribution in [-0.4, -0.2) is 57.5 Å². The average molecular weight is 600 g/mol. The van der Waals surface area contributed by atoms with Crippen molar-refractivity contribution in [1.29, 1.82) is 0 Å². The lowest BCUT2D eigenvalue weighted by Crippen LogP contribution is -2.53. The summed E-state index contributed by atoms with van der Waals surface area (Å²) in [5.41, 5.74) is 0.939. The van der Waals surface area contributed by atoms with E-state index >= 15 is 0 Å². The number of anilines is 1. The van der Waals surface area contributed by atoms with Gasteiger partial charge in [0.1, 0.15) is 29.9 Å². The summed E-state index contributed by atoms with van der Waals surface area (Å²) in [6.45, 7) is 7.14. The first-order valence-corrected chi connectivity index (χ1v) is 15.2. The third kappa shape index (κ3) is 8.22. The number of benzene rings is 3. The lowest BCUT2D eigenvalue weighted by Gasteiger charge is -2.33. The number of nitrogens with zero attached hydrogens (tertiary/aromatic N) is 2. The first kappa shape index (κ1) is 32.4. The minimum atomic E-state index is -4.32. The molecule has 0 aliphatic rings. The van der Waals surface area contributed by atoms with E-state index in [9.17, 15) is 22.4 Å². The number of halogens is 1. The molecule has 9 nitrogen and oxygen atoms in total. The molecule has 2 amide bonds. The molecule has 0 saturated carbocycles. The van der Waals surface area contributed by atoms with Crippen LogP contribution < -0.4 is 19.1 Å². The molecular weight excluding hydrogens is 561 g/mol. The lowest BCUT2D eigenvalue weighted by atomic mass is 10.1. The van der Waals surface area contributed by atoms with Crippen LogP contribution in [0.3, 0.4) is 0 Å². The number of rotatable bonds is 14. The van der Waals surface area contributed by atoms with Gasteiger partial charge < -0.3 is 19.7 Å². The molecule has 42 heavy (non-hydrogen) atoms. The summed E-state index contributed by atoms with van der Waals surface area (Å²) in [4.78, 5) is 28.5. The van der Waals surface area contributed by atoms with Gasteiger partial charge in [-0.1, -0.05) is 19.1 Å². The summed E-state index contributed by atoms with van der Waals surface area (Å²) in [6.07, 6.45) is 0.300. The summed E-state index contributed by atoms with van der Waals surface area (Å²) in [7, 11) is -2.77. The molecule has 0 aliphatic carbocycles. The van der Waals surface area contributed by atoms with Gasteiger partial charge in [0.05, 0.1) is 24.3 Å². The van der Waals surface area contributed by atoms with E-state index in [2.05, 4.69) is 5.32 Å². The van der Waals surface area contributed by atoms with E-state index in [0.717, 1.165) is 34.1 Å². The Balaban J connectivity index is 2.06. The van der Waals surface area contributed by atoms with Gasteiger partial charge in [-0.05, 0) is 93.4 Å². The van der Waals surface area contributed by atoms with Crippen LogP contribution in [-0.2, 0) is 26.2 Å². The third-order valence-electron chi connectivity index (χ3n) is 6.45. The summed E-state index contributed by atoms with van der Waals surface area (Å²) >= 11 is 0. The first-order chi connectivity index (χ1) is 20.0. The Morgan fingerprint density at radius 1 is 0.905 bits per heavy atom. The minimum absolute atomic E-state index is 0.0561. The molecule has 226 valence electrons. The molecule has 11 heteroatoms. The summed E-state index contributed by atoms with van der Waals surface area (Å²) < 4.78 is 53.1. The topological polar surface area (TPSA) is 105 Å². The first-order valence-electron chi connectivity index (χ1n) is 13.7. The second-order valence-electron chi connectivity index (χ2n) is 9.85. The van der Waals surface area contributed by atoms with Crippen LogP contribution >= 0.6 is 0 Å². The highest BCUT2D eigenvalue weighted by Gasteiger charge is 2.34. The highest BCUT2D eigenvalue weighted by atomic mass is 32.2. The van der Waals surface area contributed by atoms with Gasteiger partial charge in [-0.15, -0.1) is 0 Å². The molecule has 0 spiro atoms. The summed E-state index contributed by atoms with van der Waals surface area (Å²) in [6, 6.07) is 16.7. The van der Waals surface area contributed by atoms with E-state index in [1.54, 1.807) is 50.4 Å². The normalized spacial score (nSPS) is 12.0. The maximum Gasteiger partial charge on any atom is 0.264 e. The zero-order chi connectivity index (χ0) is 30.9. The van der Waals surface area contributed by atoms with E-state index in [-0.39, 0.29) is 29.1 Å². The van der Waals surface area contributed by atoms with Gasteiger partial charge in [0.25, 0.3) is 10.0 Å². The second kappa shape index (κ2) is 14.7. The largest absolute Gasteiger partial charge is 0.497 e. The number of ether oxygens (including phenoxy) is 2. The highest BCUT2D eigenvalue weighted by molar-refractivity contribution is 7.92. The van der Waals surface area contributed by atoms with E-state index in [0.29, 0.717) is 24.5 Å². The predicted octanol–water partition coefficient (Wildman–Crippen LogP) is 4.76. The van der Waals surface area contributed by atoms with E-state index in [1.165, 1.54) is 17.0 Å². The standard InChI is InChI=1S/C31H38FN3O6S/c1-6-29(31(37)33-22(3)4)34(20-23-8-14-26(40-5)15-9-23)30(36)21-35(25-12-16-27(17-13-25)41-7-2)42(38,39)28-18-10-24(32)11-19-28/h8-19,22,29H,6-7,20-21H2,1-5H3,(H,33,37). The molecule has 0 heterocycles. The van der Waals surface area contributed by atoms with Crippen LogP contribution in [0.25, 0.3) is 0 Å². The SMILES string of the molecule is CCOc1ccc(N(CC(=O)N(Cc2ccc(OC)cc2)C(CC)C(=O)NC(C)C)S(=O)(=O)c2ccc(F)cc2)cc1. The third-order valence-corrected chi connectivity index (χ3v) is 8.23. The van der Waals surface area contributed by atoms with Gasteiger partial charge in [-0.2, -0.15) is 0 Å². The van der Waals surface area contributed by atoms with Crippen LogP contribution in [0.15, 0.2) is 77.7 Å². The highest BCUT2D eigenvalue weighted by Crippen LogP contribution is 2.27. The van der Waals surface area contributed by atoms with Crippen LogP contribution in [0.5, 0.6) is 11.5 Å². The number of hydrogen-bond acceptors (Lipinski definition) is 6. The molecule has 1 N–H and O–H groups in total. The van der Waals surface area contributed by atoms with E-state index in [1.807, 2.05) is 20.8 Å². The van der Waals surface area contributed by atoms with Crippen LogP contribution in [0.1, 0.15) is 39.7 Å². The van der Waals surface area contributed by atoms with Gasteiger partial charge in [0.15, 0.2) is 0 Å². The van der Waals surface area contributed by atoms with Crippen LogP contribution in [0.4, 0.5) is 10.1 Å². The van der Waals surface area contributed by atoms with Crippen molar-refractivity contribution >= 4 is 27.5 Å². The molecule has 0 radical (unpaired) electrons. The molecule has 1 atom stereocenters. The molecule has 3 rings (SSSR count). The molecule has 3 aromatic rings. The quantitative estimate of drug-likeness (QED) is 0.287. The molecule has 1 unspecified atom stereocenters. The van der Waals surface area contributed by atoms with Crippen molar-refractivity contribution in [2.24, 2.45) is 0 Å². The van der Waals surface area contributed by atoms with Gasteiger partial charge >= 0.3 is 0 Å². The fourth-order valence-electron chi connectivity index (χ4n) is 4.37. The van der Waals surface area contributed by atoms with Crippen molar-refractivity contribution in [3.63, 3.8) is 0 Å². The van der Waals surface area contributed by atoms with Gasteiger partial charge in [0, 0.05) is 12.6 Å². The average Bonchev–Trinajstić information content (AvgIpc) is 2.96. The molecule has 0 aromatic heterocycles. The predicted molar refractivity (Wildman–Crippen MR) is 159 cm³/mol. The van der Waals surface area contributed by atoms with Crippen molar-refractivity contribution in [1.82, 2.24) is 10.2 Å². The van der Waals surface area contributed by atoms with Crippen LogP contribution in [0.2, 0.25) is 0 Å². The Morgan fingerprint density at radius 2 is 1.50 bits per heavy atom. The number of carbonyl (C=O) groups is 2. The van der Waals surface area contributed by atoms with Crippen molar-refractivity contribution < 1.29 is 31.9 Å². The number of methoxy groups -OCH3 is 1. The fourth-order valence-corrected chi connectivity index (χ4v) is 5.78.